The number of aromatic carboxylic acids is 1. The van der Waals surface area contributed by atoms with Crippen LogP contribution in [0.1, 0.15) is 29.0 Å². The van der Waals surface area contributed by atoms with Gasteiger partial charge in [-0.15, -0.1) is 0 Å². The van der Waals surface area contributed by atoms with Crippen molar-refractivity contribution in [2.24, 2.45) is 0 Å². The van der Waals surface area contributed by atoms with E-state index in [2.05, 4.69) is 4.90 Å². The Balaban J connectivity index is 1.82. The Bertz CT molecular complexity index is 409. The molecule has 0 amide bonds. The summed E-state index contributed by atoms with van der Waals surface area (Å²) >= 11 is 0. The molecule has 19 heavy (non-hydrogen) atoms. The van der Waals surface area contributed by atoms with Gasteiger partial charge in [0, 0.05) is 13.1 Å². The Morgan fingerprint density at radius 1 is 1.47 bits per heavy atom. The number of nitrogens with zero attached hydrogens (tertiary/aromatic N) is 1. The van der Waals surface area contributed by atoms with Crippen LogP contribution in [0.25, 0.3) is 0 Å². The molecule has 2 rings (SSSR count). The van der Waals surface area contributed by atoms with Crippen molar-refractivity contribution < 1.29 is 24.2 Å². The molecule has 0 radical (unpaired) electrons. The number of carbonyl (C=O) groups is 1. The Kier molecular flexibility index (Phi) is 4.95. The number of carboxylic acids is 1. The van der Waals surface area contributed by atoms with Crippen LogP contribution >= 0.6 is 0 Å². The van der Waals surface area contributed by atoms with E-state index in [9.17, 15) is 4.79 Å². The third kappa shape index (κ3) is 3.79. The van der Waals surface area contributed by atoms with Crippen LogP contribution in [0.3, 0.4) is 0 Å². The molecular weight excluding hydrogens is 250 g/mol. The quantitative estimate of drug-likeness (QED) is 0.800. The summed E-state index contributed by atoms with van der Waals surface area (Å²) in [7, 11) is 0. The molecule has 0 spiro atoms. The maximum atomic E-state index is 11.0. The molecule has 0 saturated carbocycles. The number of hydrogen-bond acceptors (Lipinski definition) is 5. The van der Waals surface area contributed by atoms with Crippen molar-refractivity contribution in [3.05, 3.63) is 23.7 Å². The normalized spacial score (nSPS) is 17.7. The van der Waals surface area contributed by atoms with E-state index in [4.69, 9.17) is 19.4 Å². The summed E-state index contributed by atoms with van der Waals surface area (Å²) in [6.45, 7) is 2.63. The van der Waals surface area contributed by atoms with Crippen molar-refractivity contribution in [2.45, 2.75) is 25.5 Å². The summed E-state index contributed by atoms with van der Waals surface area (Å²) in [5, 5.41) is 17.7. The molecule has 2 heterocycles. The summed E-state index contributed by atoms with van der Waals surface area (Å²) in [5.74, 6) is -0.452. The monoisotopic (exact) mass is 269 g/mol. The summed E-state index contributed by atoms with van der Waals surface area (Å²) in [6, 6.07) is 1.48. The highest BCUT2D eigenvalue weighted by molar-refractivity contribution is 5.88. The van der Waals surface area contributed by atoms with Gasteiger partial charge in [-0.2, -0.15) is 0 Å². The third-order valence-corrected chi connectivity index (χ3v) is 3.32. The fraction of sp³-hybridized carbons (Fsp3) is 0.615. The van der Waals surface area contributed by atoms with Crippen molar-refractivity contribution >= 4 is 5.97 Å². The smallest absolute Gasteiger partial charge is 0.339 e. The first-order chi connectivity index (χ1) is 9.20. The van der Waals surface area contributed by atoms with Crippen LogP contribution in [-0.4, -0.2) is 53.5 Å². The lowest BCUT2D eigenvalue weighted by Crippen LogP contribution is -2.37. The number of aliphatic hydroxyl groups is 1. The van der Waals surface area contributed by atoms with E-state index < -0.39 is 5.97 Å². The van der Waals surface area contributed by atoms with Gasteiger partial charge in [0.25, 0.3) is 0 Å². The molecule has 0 unspecified atom stereocenters. The standard InChI is InChI=1S/C13H19NO5/c15-6-8-18-10-1-4-14(5-2-10)9-12-11(13(16)17)3-7-19-12/h3,7,10,15H,1-2,4-6,8-9H2,(H,16,17). The maximum Gasteiger partial charge on any atom is 0.339 e. The summed E-state index contributed by atoms with van der Waals surface area (Å²) in [5.41, 5.74) is 0.235. The number of likely N-dealkylation sites (tertiary alicyclic amines) is 1. The minimum Gasteiger partial charge on any atom is -0.478 e. The number of hydrogen-bond donors (Lipinski definition) is 2. The molecule has 6 heteroatoms. The van der Waals surface area contributed by atoms with Crippen LogP contribution in [0.5, 0.6) is 0 Å². The Labute approximate surface area is 111 Å². The molecule has 0 aliphatic carbocycles. The van der Waals surface area contributed by atoms with Crippen molar-refractivity contribution in [2.75, 3.05) is 26.3 Å². The van der Waals surface area contributed by atoms with Crippen LogP contribution in [0.2, 0.25) is 0 Å². The van der Waals surface area contributed by atoms with E-state index in [0.29, 0.717) is 18.9 Å². The van der Waals surface area contributed by atoms with Gasteiger partial charge in [0.05, 0.1) is 32.1 Å². The molecule has 106 valence electrons. The first-order valence-electron chi connectivity index (χ1n) is 6.45. The van der Waals surface area contributed by atoms with Crippen molar-refractivity contribution in [3.8, 4) is 0 Å². The van der Waals surface area contributed by atoms with Crippen LogP contribution in [-0.2, 0) is 11.3 Å². The first-order valence-corrected chi connectivity index (χ1v) is 6.45. The molecule has 1 fully saturated rings. The van der Waals surface area contributed by atoms with Crippen LogP contribution in [0.15, 0.2) is 16.7 Å². The average molecular weight is 269 g/mol. The van der Waals surface area contributed by atoms with Gasteiger partial charge in [-0.25, -0.2) is 4.79 Å². The molecule has 0 aromatic carbocycles. The highest BCUT2D eigenvalue weighted by Gasteiger charge is 2.22. The predicted molar refractivity (Wildman–Crippen MR) is 67.0 cm³/mol. The zero-order valence-corrected chi connectivity index (χ0v) is 10.7. The van der Waals surface area contributed by atoms with Gasteiger partial charge in [0.2, 0.25) is 0 Å². The summed E-state index contributed by atoms with van der Waals surface area (Å²) in [4.78, 5) is 13.1. The number of furan rings is 1. The largest absolute Gasteiger partial charge is 0.478 e. The van der Waals surface area contributed by atoms with Crippen LogP contribution < -0.4 is 0 Å². The highest BCUT2D eigenvalue weighted by Crippen LogP contribution is 2.18. The summed E-state index contributed by atoms with van der Waals surface area (Å²) < 4.78 is 10.7. The van der Waals surface area contributed by atoms with Gasteiger partial charge in [-0.05, 0) is 18.9 Å². The SMILES string of the molecule is O=C(O)c1ccoc1CN1CCC(OCCO)CC1. The predicted octanol–water partition coefficient (Wildman–Crippen LogP) is 0.951. The number of rotatable bonds is 6. The van der Waals surface area contributed by atoms with Gasteiger partial charge in [-0.1, -0.05) is 0 Å². The number of carboxylic acid groups (broad SMARTS) is 1. The lowest BCUT2D eigenvalue weighted by molar-refractivity contribution is -0.00998. The van der Waals surface area contributed by atoms with Gasteiger partial charge >= 0.3 is 5.97 Å². The molecule has 1 saturated heterocycles. The van der Waals surface area contributed by atoms with E-state index >= 15 is 0 Å². The van der Waals surface area contributed by atoms with Crippen molar-refractivity contribution in [1.82, 2.24) is 4.90 Å². The van der Waals surface area contributed by atoms with Crippen LogP contribution in [0, 0.1) is 0 Å². The Morgan fingerprint density at radius 3 is 2.84 bits per heavy atom. The molecule has 1 aromatic rings. The Morgan fingerprint density at radius 2 is 2.21 bits per heavy atom. The topological polar surface area (TPSA) is 83.1 Å². The zero-order chi connectivity index (χ0) is 13.7. The maximum absolute atomic E-state index is 11.0. The lowest BCUT2D eigenvalue weighted by atomic mass is 10.1. The second-order valence-corrected chi connectivity index (χ2v) is 4.63. The van der Waals surface area contributed by atoms with Crippen molar-refractivity contribution in [3.63, 3.8) is 0 Å². The minimum absolute atomic E-state index is 0.0502. The van der Waals surface area contributed by atoms with Crippen LogP contribution in [0.4, 0.5) is 0 Å². The molecule has 1 aromatic heterocycles. The average Bonchev–Trinajstić information content (AvgIpc) is 2.86. The molecule has 1 aliphatic heterocycles. The lowest BCUT2D eigenvalue weighted by Gasteiger charge is -2.31. The van der Waals surface area contributed by atoms with E-state index in [1.54, 1.807) is 0 Å². The third-order valence-electron chi connectivity index (χ3n) is 3.32. The first kappa shape index (κ1) is 14.0. The number of aliphatic hydroxyl groups excluding tert-OH is 1. The van der Waals surface area contributed by atoms with E-state index in [0.717, 1.165) is 25.9 Å². The zero-order valence-electron chi connectivity index (χ0n) is 10.7. The van der Waals surface area contributed by atoms with E-state index in [-0.39, 0.29) is 18.3 Å². The number of ether oxygens (including phenoxy) is 1. The minimum atomic E-state index is -0.954. The Hall–Kier alpha value is -1.37. The van der Waals surface area contributed by atoms with E-state index in [1.807, 2.05) is 0 Å². The number of piperidine rings is 1. The van der Waals surface area contributed by atoms with E-state index in [1.165, 1.54) is 12.3 Å². The molecule has 0 bridgehead atoms. The molecule has 6 nitrogen and oxygen atoms in total. The molecule has 2 N–H and O–H groups in total. The second kappa shape index (κ2) is 6.70. The molecular formula is C13H19NO5. The highest BCUT2D eigenvalue weighted by atomic mass is 16.5. The fourth-order valence-electron chi connectivity index (χ4n) is 2.31. The molecule has 0 atom stereocenters. The van der Waals surface area contributed by atoms with Gasteiger partial charge in [0.15, 0.2) is 0 Å². The van der Waals surface area contributed by atoms with Gasteiger partial charge < -0.3 is 19.4 Å². The van der Waals surface area contributed by atoms with Gasteiger partial charge in [-0.3, -0.25) is 4.90 Å². The van der Waals surface area contributed by atoms with Gasteiger partial charge in [0.1, 0.15) is 11.3 Å². The summed E-state index contributed by atoms with van der Waals surface area (Å²) in [6.07, 6.45) is 3.39. The second-order valence-electron chi connectivity index (χ2n) is 4.63. The fourth-order valence-corrected chi connectivity index (χ4v) is 2.31. The van der Waals surface area contributed by atoms with Crippen molar-refractivity contribution in [1.29, 1.82) is 0 Å². The molecule has 1 aliphatic rings.